The molecule has 1 aliphatic rings. The summed E-state index contributed by atoms with van der Waals surface area (Å²) in [4.78, 5) is 26.3. The van der Waals surface area contributed by atoms with Crippen LogP contribution in [0.2, 0.25) is 0 Å². The van der Waals surface area contributed by atoms with Crippen molar-refractivity contribution in [3.8, 4) is 5.75 Å². The molecule has 0 amide bonds. The van der Waals surface area contributed by atoms with Crippen LogP contribution in [0.15, 0.2) is 84.0 Å². The third-order valence-electron chi connectivity index (χ3n) is 6.10. The van der Waals surface area contributed by atoms with Crippen LogP contribution >= 0.6 is 0 Å². The monoisotopic (exact) mass is 524 g/mol. The van der Waals surface area contributed by atoms with E-state index in [4.69, 9.17) is 4.74 Å². The molecule has 1 saturated heterocycles. The first kappa shape index (κ1) is 25.6. The summed E-state index contributed by atoms with van der Waals surface area (Å²) in [5.74, 6) is 2.10. The molecule has 0 aliphatic carbocycles. The lowest BCUT2D eigenvalue weighted by Gasteiger charge is -2.26. The van der Waals surface area contributed by atoms with Gasteiger partial charge in [0.1, 0.15) is 12.4 Å². The van der Waals surface area contributed by atoms with Crippen LogP contribution in [-0.2, 0) is 6.61 Å². The summed E-state index contributed by atoms with van der Waals surface area (Å²) in [5, 5.41) is 18.4. The number of para-hydroxylation sites is 1. The number of hydrogen-bond acceptors (Lipinski definition) is 10. The van der Waals surface area contributed by atoms with Crippen LogP contribution in [0.5, 0.6) is 5.75 Å². The number of nitrogens with zero attached hydrogens (tertiary/aromatic N) is 6. The van der Waals surface area contributed by atoms with Crippen LogP contribution in [-0.4, -0.2) is 39.2 Å². The molecule has 5 rings (SSSR count). The van der Waals surface area contributed by atoms with Crippen LogP contribution in [0.4, 0.5) is 29.2 Å². The second kappa shape index (κ2) is 12.5. The van der Waals surface area contributed by atoms with Gasteiger partial charge >= 0.3 is 0 Å². The Morgan fingerprint density at radius 1 is 0.897 bits per heavy atom. The Hall–Kier alpha value is -5.06. The van der Waals surface area contributed by atoms with Crippen molar-refractivity contribution in [1.29, 1.82) is 0 Å². The lowest BCUT2D eigenvalue weighted by atomic mass is 10.1. The molecular weight excluding hydrogens is 496 g/mol. The van der Waals surface area contributed by atoms with Crippen molar-refractivity contribution in [3.05, 3.63) is 100 Å². The number of benzene rings is 3. The highest BCUT2D eigenvalue weighted by molar-refractivity contribution is 5.80. The zero-order chi connectivity index (χ0) is 26.9. The highest BCUT2D eigenvalue weighted by Crippen LogP contribution is 2.21. The maximum Gasteiger partial charge on any atom is 0.269 e. The summed E-state index contributed by atoms with van der Waals surface area (Å²) in [6, 6.07) is 23.5. The molecule has 2 heterocycles. The summed E-state index contributed by atoms with van der Waals surface area (Å²) < 4.78 is 5.79. The predicted molar refractivity (Wildman–Crippen MR) is 151 cm³/mol. The maximum absolute atomic E-state index is 10.8. The number of hydrogen-bond donors (Lipinski definition) is 2. The van der Waals surface area contributed by atoms with Gasteiger partial charge in [-0.05, 0) is 78.9 Å². The summed E-state index contributed by atoms with van der Waals surface area (Å²) in [7, 11) is 0. The Kier molecular flexibility index (Phi) is 8.17. The van der Waals surface area contributed by atoms with Crippen molar-refractivity contribution in [2.24, 2.45) is 5.10 Å². The maximum atomic E-state index is 10.8. The zero-order valence-corrected chi connectivity index (χ0v) is 21.2. The second-order valence-electron chi connectivity index (χ2n) is 8.97. The number of non-ortho nitro benzene ring substituents is 1. The molecule has 198 valence electrons. The number of anilines is 4. The van der Waals surface area contributed by atoms with E-state index in [0.29, 0.717) is 30.2 Å². The largest absolute Gasteiger partial charge is 0.489 e. The third-order valence-corrected chi connectivity index (χ3v) is 6.10. The van der Waals surface area contributed by atoms with Gasteiger partial charge in [-0.1, -0.05) is 18.2 Å². The molecule has 2 N–H and O–H groups in total. The lowest BCUT2D eigenvalue weighted by Crippen LogP contribution is -2.31. The van der Waals surface area contributed by atoms with Gasteiger partial charge in [0.25, 0.3) is 5.69 Å². The SMILES string of the molecule is O=[N+]([O-])c1ccc(COc2ccc(/C=N/Nc3nc(Nc4ccccc4)nc(N4CCCCC4)n3)cc2)cc1. The predicted octanol–water partition coefficient (Wildman–Crippen LogP) is 5.54. The van der Waals surface area contributed by atoms with Gasteiger partial charge in [-0.15, -0.1) is 0 Å². The van der Waals surface area contributed by atoms with Gasteiger partial charge in [0.2, 0.25) is 17.8 Å². The number of aromatic nitrogens is 3. The summed E-state index contributed by atoms with van der Waals surface area (Å²) in [6.07, 6.45) is 5.12. The molecule has 0 radical (unpaired) electrons. The molecule has 0 bridgehead atoms. The van der Waals surface area contributed by atoms with E-state index in [9.17, 15) is 10.1 Å². The van der Waals surface area contributed by atoms with Gasteiger partial charge in [-0.25, -0.2) is 5.43 Å². The Morgan fingerprint density at radius 3 is 2.33 bits per heavy atom. The van der Waals surface area contributed by atoms with E-state index >= 15 is 0 Å². The van der Waals surface area contributed by atoms with Crippen LogP contribution < -0.4 is 20.4 Å². The molecule has 1 aliphatic heterocycles. The van der Waals surface area contributed by atoms with Crippen molar-refractivity contribution in [2.75, 3.05) is 28.7 Å². The topological polar surface area (TPSA) is 131 Å². The highest BCUT2D eigenvalue weighted by Gasteiger charge is 2.16. The fraction of sp³-hybridized carbons (Fsp3) is 0.214. The van der Waals surface area contributed by atoms with Gasteiger partial charge in [-0.2, -0.15) is 20.1 Å². The quantitative estimate of drug-likeness (QED) is 0.156. The highest BCUT2D eigenvalue weighted by atomic mass is 16.6. The van der Waals surface area contributed by atoms with Gasteiger partial charge in [0.05, 0.1) is 11.1 Å². The van der Waals surface area contributed by atoms with E-state index in [-0.39, 0.29) is 5.69 Å². The van der Waals surface area contributed by atoms with Crippen LogP contribution in [0.25, 0.3) is 0 Å². The molecule has 0 unspecified atom stereocenters. The Bertz CT molecular complexity index is 1410. The van der Waals surface area contributed by atoms with E-state index in [1.807, 2.05) is 54.6 Å². The minimum absolute atomic E-state index is 0.0552. The molecule has 39 heavy (non-hydrogen) atoms. The number of ether oxygens (including phenoxy) is 1. The van der Waals surface area contributed by atoms with E-state index in [1.54, 1.807) is 18.3 Å². The zero-order valence-electron chi connectivity index (χ0n) is 21.2. The number of rotatable bonds is 10. The van der Waals surface area contributed by atoms with Crippen LogP contribution in [0.3, 0.4) is 0 Å². The molecular formula is C28H28N8O3. The summed E-state index contributed by atoms with van der Waals surface area (Å²) in [5.41, 5.74) is 5.58. The number of nitro benzene ring substituents is 1. The fourth-order valence-corrected chi connectivity index (χ4v) is 4.05. The number of piperidine rings is 1. The first-order valence-corrected chi connectivity index (χ1v) is 12.7. The summed E-state index contributed by atoms with van der Waals surface area (Å²) >= 11 is 0. The van der Waals surface area contributed by atoms with E-state index in [0.717, 1.165) is 42.7 Å². The molecule has 1 aromatic heterocycles. The van der Waals surface area contributed by atoms with Crippen molar-refractivity contribution >= 4 is 35.4 Å². The standard InChI is InChI=1S/C28H28N8O3/c37-36(38)24-13-9-22(10-14-24)20-39-25-15-11-21(12-16-25)19-29-34-27-31-26(30-23-7-3-1-4-8-23)32-28(33-27)35-17-5-2-6-18-35/h1,3-4,7-16,19H,2,5-6,17-18,20H2,(H2,30,31,32,33,34)/b29-19+. The molecule has 11 heteroatoms. The van der Waals surface area contributed by atoms with Crippen molar-refractivity contribution in [1.82, 2.24) is 15.0 Å². The van der Waals surface area contributed by atoms with Crippen LogP contribution in [0, 0.1) is 10.1 Å². The van der Waals surface area contributed by atoms with Gasteiger partial charge in [0, 0.05) is 30.9 Å². The molecule has 0 spiro atoms. The molecule has 0 atom stereocenters. The van der Waals surface area contributed by atoms with E-state index in [1.165, 1.54) is 18.6 Å². The normalized spacial score (nSPS) is 13.3. The van der Waals surface area contributed by atoms with Crippen molar-refractivity contribution < 1.29 is 9.66 Å². The molecule has 1 fully saturated rings. The second-order valence-corrected chi connectivity index (χ2v) is 8.97. The minimum Gasteiger partial charge on any atom is -0.489 e. The first-order valence-electron chi connectivity index (χ1n) is 12.7. The van der Waals surface area contributed by atoms with Gasteiger partial charge in [-0.3, -0.25) is 10.1 Å². The van der Waals surface area contributed by atoms with Gasteiger partial charge in [0.15, 0.2) is 0 Å². The number of nitrogens with one attached hydrogen (secondary N) is 2. The number of nitro groups is 1. The van der Waals surface area contributed by atoms with Crippen molar-refractivity contribution in [3.63, 3.8) is 0 Å². The van der Waals surface area contributed by atoms with Gasteiger partial charge < -0.3 is 15.0 Å². The van der Waals surface area contributed by atoms with E-state index in [2.05, 4.69) is 35.7 Å². The Morgan fingerprint density at radius 2 is 1.62 bits per heavy atom. The molecule has 0 saturated carbocycles. The van der Waals surface area contributed by atoms with Crippen molar-refractivity contribution in [2.45, 2.75) is 25.9 Å². The summed E-state index contributed by atoms with van der Waals surface area (Å²) in [6.45, 7) is 2.14. The molecule has 3 aromatic carbocycles. The number of hydrazone groups is 1. The average Bonchev–Trinajstić information content (AvgIpc) is 2.98. The smallest absolute Gasteiger partial charge is 0.269 e. The van der Waals surface area contributed by atoms with Crippen LogP contribution in [0.1, 0.15) is 30.4 Å². The minimum atomic E-state index is -0.422. The Balaban J connectivity index is 1.22. The van der Waals surface area contributed by atoms with E-state index < -0.39 is 4.92 Å². The first-order chi connectivity index (χ1) is 19.1. The lowest BCUT2D eigenvalue weighted by molar-refractivity contribution is -0.384. The third kappa shape index (κ3) is 7.25. The molecule has 4 aromatic rings. The Labute approximate surface area is 225 Å². The molecule has 11 nitrogen and oxygen atoms in total. The average molecular weight is 525 g/mol. The fourth-order valence-electron chi connectivity index (χ4n) is 4.05.